The minimum atomic E-state index is -0.0649. The van der Waals surface area contributed by atoms with E-state index in [4.69, 9.17) is 19.9 Å². The molecular weight excluding hydrogens is 242 g/mol. The second-order valence-electron chi connectivity index (χ2n) is 5.12. The highest BCUT2D eigenvalue weighted by Crippen LogP contribution is 2.41. The van der Waals surface area contributed by atoms with Gasteiger partial charge in [0.2, 0.25) is 0 Å². The molecular formula is C15H23NO3. The molecule has 0 amide bonds. The maximum atomic E-state index is 6.07. The van der Waals surface area contributed by atoms with Gasteiger partial charge < -0.3 is 19.9 Å². The average Bonchev–Trinajstić information content (AvgIpc) is 2.47. The second kappa shape index (κ2) is 5.80. The van der Waals surface area contributed by atoms with Crippen LogP contribution < -0.4 is 15.2 Å². The Hall–Kier alpha value is -1.26. The van der Waals surface area contributed by atoms with E-state index in [1.165, 1.54) is 0 Å². The summed E-state index contributed by atoms with van der Waals surface area (Å²) in [5, 5.41) is 0. The van der Waals surface area contributed by atoms with Crippen molar-refractivity contribution in [1.29, 1.82) is 0 Å². The lowest BCUT2D eigenvalue weighted by Gasteiger charge is -2.37. The highest BCUT2D eigenvalue weighted by Gasteiger charge is 2.36. The molecule has 0 aliphatic carbocycles. The van der Waals surface area contributed by atoms with Crippen LogP contribution >= 0.6 is 0 Å². The lowest BCUT2D eigenvalue weighted by Crippen LogP contribution is -2.40. The van der Waals surface area contributed by atoms with Crippen LogP contribution in [0.5, 0.6) is 11.5 Å². The molecule has 4 nitrogen and oxygen atoms in total. The van der Waals surface area contributed by atoms with Crippen LogP contribution in [0.4, 0.5) is 0 Å². The van der Waals surface area contributed by atoms with Gasteiger partial charge in [0.05, 0.1) is 14.2 Å². The van der Waals surface area contributed by atoms with Gasteiger partial charge in [-0.1, -0.05) is 0 Å². The van der Waals surface area contributed by atoms with Crippen molar-refractivity contribution in [3.05, 3.63) is 23.3 Å². The Morgan fingerprint density at radius 2 is 1.79 bits per heavy atom. The molecule has 0 unspecified atom stereocenters. The first kappa shape index (κ1) is 14.2. The topological polar surface area (TPSA) is 53.7 Å². The van der Waals surface area contributed by atoms with Crippen LogP contribution in [-0.2, 0) is 10.2 Å². The molecule has 2 rings (SSSR count). The summed E-state index contributed by atoms with van der Waals surface area (Å²) in [5.41, 5.74) is 8.22. The van der Waals surface area contributed by atoms with E-state index in [9.17, 15) is 0 Å². The van der Waals surface area contributed by atoms with Gasteiger partial charge in [0.15, 0.2) is 0 Å². The van der Waals surface area contributed by atoms with Crippen molar-refractivity contribution in [2.45, 2.75) is 25.2 Å². The molecule has 0 atom stereocenters. The van der Waals surface area contributed by atoms with Gasteiger partial charge in [-0.15, -0.1) is 0 Å². The van der Waals surface area contributed by atoms with Crippen LogP contribution in [0.3, 0.4) is 0 Å². The molecule has 106 valence electrons. The Kier molecular flexibility index (Phi) is 4.32. The molecule has 1 aliphatic rings. The second-order valence-corrected chi connectivity index (χ2v) is 5.12. The molecule has 2 N–H and O–H groups in total. The van der Waals surface area contributed by atoms with Crippen molar-refractivity contribution in [1.82, 2.24) is 0 Å². The molecule has 1 fully saturated rings. The van der Waals surface area contributed by atoms with Crippen molar-refractivity contribution >= 4 is 0 Å². The molecule has 0 saturated carbocycles. The van der Waals surface area contributed by atoms with E-state index in [2.05, 4.69) is 6.07 Å². The predicted molar refractivity (Wildman–Crippen MR) is 75.1 cm³/mol. The van der Waals surface area contributed by atoms with Gasteiger partial charge in [-0.3, -0.25) is 0 Å². The summed E-state index contributed by atoms with van der Waals surface area (Å²) in [6, 6.07) is 4.10. The standard InChI is InChI=1S/C15H23NO3/c1-11-8-14(18-3)12(9-13(11)17-2)15(10-16)4-6-19-7-5-15/h8-9H,4-7,10,16H2,1-3H3. The number of hydrogen-bond acceptors (Lipinski definition) is 4. The summed E-state index contributed by atoms with van der Waals surface area (Å²) in [6.07, 6.45) is 1.85. The monoisotopic (exact) mass is 265 g/mol. The number of ether oxygens (including phenoxy) is 3. The summed E-state index contributed by atoms with van der Waals surface area (Å²) in [4.78, 5) is 0. The third-order valence-electron chi connectivity index (χ3n) is 4.13. The molecule has 0 bridgehead atoms. The molecule has 1 heterocycles. The van der Waals surface area contributed by atoms with Crippen LogP contribution in [0, 0.1) is 6.92 Å². The SMILES string of the molecule is COc1cc(C2(CN)CCOCC2)c(OC)cc1C. The minimum absolute atomic E-state index is 0.0649. The molecule has 1 saturated heterocycles. The summed E-state index contributed by atoms with van der Waals surface area (Å²) in [7, 11) is 3.39. The smallest absolute Gasteiger partial charge is 0.123 e. The van der Waals surface area contributed by atoms with Gasteiger partial charge in [-0.2, -0.15) is 0 Å². The minimum Gasteiger partial charge on any atom is -0.496 e. The molecule has 19 heavy (non-hydrogen) atoms. The van der Waals surface area contributed by atoms with E-state index < -0.39 is 0 Å². The maximum absolute atomic E-state index is 6.07. The van der Waals surface area contributed by atoms with Gasteiger partial charge >= 0.3 is 0 Å². The van der Waals surface area contributed by atoms with E-state index in [0.717, 1.165) is 48.7 Å². The molecule has 1 aliphatic heterocycles. The number of benzene rings is 1. The van der Waals surface area contributed by atoms with Crippen LogP contribution in [-0.4, -0.2) is 34.0 Å². The summed E-state index contributed by atoms with van der Waals surface area (Å²) in [5.74, 6) is 1.78. The van der Waals surface area contributed by atoms with Crippen LogP contribution in [0.2, 0.25) is 0 Å². The fourth-order valence-electron chi connectivity index (χ4n) is 2.81. The van der Waals surface area contributed by atoms with Gasteiger partial charge in [0.1, 0.15) is 11.5 Å². The van der Waals surface area contributed by atoms with Crippen LogP contribution in [0.1, 0.15) is 24.0 Å². The van der Waals surface area contributed by atoms with E-state index in [1.54, 1.807) is 14.2 Å². The van der Waals surface area contributed by atoms with Crippen molar-refractivity contribution in [3.8, 4) is 11.5 Å². The molecule has 1 aromatic rings. The maximum Gasteiger partial charge on any atom is 0.123 e. The van der Waals surface area contributed by atoms with Crippen LogP contribution in [0.25, 0.3) is 0 Å². The number of rotatable bonds is 4. The first-order chi connectivity index (χ1) is 9.16. The first-order valence-electron chi connectivity index (χ1n) is 6.68. The zero-order valence-corrected chi connectivity index (χ0v) is 12.0. The number of aryl methyl sites for hydroxylation is 1. The Morgan fingerprint density at radius 1 is 1.16 bits per heavy atom. The largest absolute Gasteiger partial charge is 0.496 e. The Morgan fingerprint density at radius 3 is 2.32 bits per heavy atom. The molecule has 0 aromatic heterocycles. The normalized spacial score (nSPS) is 18.1. The van der Waals surface area contributed by atoms with Crippen molar-refractivity contribution < 1.29 is 14.2 Å². The quantitative estimate of drug-likeness (QED) is 0.905. The van der Waals surface area contributed by atoms with Crippen molar-refractivity contribution in [3.63, 3.8) is 0 Å². The highest BCUT2D eigenvalue weighted by molar-refractivity contribution is 5.49. The fourth-order valence-corrected chi connectivity index (χ4v) is 2.81. The van der Waals surface area contributed by atoms with Crippen LogP contribution in [0.15, 0.2) is 12.1 Å². The first-order valence-corrected chi connectivity index (χ1v) is 6.68. The third-order valence-corrected chi connectivity index (χ3v) is 4.13. The Labute approximate surface area is 114 Å². The lowest BCUT2D eigenvalue weighted by molar-refractivity contribution is 0.0520. The zero-order valence-electron chi connectivity index (χ0n) is 12.0. The lowest BCUT2D eigenvalue weighted by atomic mass is 9.73. The van der Waals surface area contributed by atoms with Crippen molar-refractivity contribution in [2.24, 2.45) is 5.73 Å². The Balaban J connectivity index is 2.51. The highest BCUT2D eigenvalue weighted by atomic mass is 16.5. The average molecular weight is 265 g/mol. The van der Waals surface area contributed by atoms with E-state index >= 15 is 0 Å². The number of hydrogen-bond donors (Lipinski definition) is 1. The van der Waals surface area contributed by atoms with Crippen molar-refractivity contribution in [2.75, 3.05) is 34.0 Å². The van der Waals surface area contributed by atoms with Gasteiger partial charge in [-0.25, -0.2) is 0 Å². The zero-order chi connectivity index (χ0) is 13.9. The predicted octanol–water partition coefficient (Wildman–Crippen LogP) is 2.02. The molecule has 4 heteroatoms. The summed E-state index contributed by atoms with van der Waals surface area (Å²) < 4.78 is 16.5. The van der Waals surface area contributed by atoms with Gasteiger partial charge in [0, 0.05) is 30.7 Å². The summed E-state index contributed by atoms with van der Waals surface area (Å²) in [6.45, 7) is 4.11. The van der Waals surface area contributed by atoms with E-state index in [0.29, 0.717) is 6.54 Å². The Bertz CT molecular complexity index is 439. The van der Waals surface area contributed by atoms with Gasteiger partial charge in [0.25, 0.3) is 0 Å². The number of nitrogens with two attached hydrogens (primary N) is 1. The third kappa shape index (κ3) is 2.55. The molecule has 0 radical (unpaired) electrons. The molecule has 0 spiro atoms. The summed E-state index contributed by atoms with van der Waals surface area (Å²) >= 11 is 0. The fraction of sp³-hybridized carbons (Fsp3) is 0.600. The van der Waals surface area contributed by atoms with E-state index in [1.807, 2.05) is 13.0 Å². The van der Waals surface area contributed by atoms with Gasteiger partial charge in [-0.05, 0) is 37.5 Å². The molecule has 1 aromatic carbocycles. The number of methoxy groups -OCH3 is 2. The van der Waals surface area contributed by atoms with E-state index in [-0.39, 0.29) is 5.41 Å².